The molecule has 2 aromatic carbocycles. The Labute approximate surface area is 180 Å². The summed E-state index contributed by atoms with van der Waals surface area (Å²) < 4.78 is 27.6. The van der Waals surface area contributed by atoms with Crippen LogP contribution in [-0.2, 0) is 21.2 Å². The minimum atomic E-state index is -3.51. The zero-order chi connectivity index (χ0) is 21.8. The lowest BCUT2D eigenvalue weighted by Crippen LogP contribution is -2.32. The highest BCUT2D eigenvalue weighted by Gasteiger charge is 2.31. The third-order valence-electron chi connectivity index (χ3n) is 5.17. The summed E-state index contributed by atoms with van der Waals surface area (Å²) in [5, 5.41) is 7.17. The monoisotopic (exact) mass is 440 g/mol. The molecule has 1 aromatic heterocycles. The normalized spacial score (nSPS) is 13.8. The van der Waals surface area contributed by atoms with Crippen LogP contribution in [0.4, 0.5) is 0 Å². The Kier molecular flexibility index (Phi) is 6.03. The fraction of sp³-hybridized carbons (Fsp3) is 0.318. The fourth-order valence-electron chi connectivity index (χ4n) is 3.36. The first kappa shape index (κ1) is 21.0. The molecule has 31 heavy (non-hydrogen) atoms. The average Bonchev–Trinajstić information content (AvgIpc) is 3.58. The van der Waals surface area contributed by atoms with Crippen LogP contribution in [0.3, 0.4) is 0 Å². The number of benzene rings is 2. The van der Waals surface area contributed by atoms with E-state index in [-0.39, 0.29) is 47.7 Å². The Hall–Kier alpha value is -3.20. The van der Waals surface area contributed by atoms with Gasteiger partial charge in [0.15, 0.2) is 9.84 Å². The minimum Gasteiger partial charge on any atom is -0.354 e. The summed E-state index contributed by atoms with van der Waals surface area (Å²) in [5.74, 6) is 0.387. The van der Waals surface area contributed by atoms with Crippen LogP contribution in [0.15, 0.2) is 70.4 Å². The van der Waals surface area contributed by atoms with E-state index in [1.54, 1.807) is 22.8 Å². The first-order valence-electron chi connectivity index (χ1n) is 10.3. The standard InChI is InChI=1S/C22H24N4O4S/c27-20(13-16-31(29,30)19-9-5-2-6-10-19)23-14-15-25-22(28)26(18-7-3-1-4-8-18)21(24-25)17-11-12-17/h1-10,17H,11-16H2,(H,23,27). The number of carbonyl (C=O) groups is 1. The van der Waals surface area contributed by atoms with Gasteiger partial charge in [-0.2, -0.15) is 5.10 Å². The van der Waals surface area contributed by atoms with Gasteiger partial charge in [-0.05, 0) is 37.1 Å². The molecule has 0 unspecified atom stereocenters. The van der Waals surface area contributed by atoms with Gasteiger partial charge in [-0.25, -0.2) is 22.5 Å². The predicted octanol–water partition coefficient (Wildman–Crippen LogP) is 1.89. The van der Waals surface area contributed by atoms with E-state index >= 15 is 0 Å². The number of rotatable bonds is 9. The van der Waals surface area contributed by atoms with Gasteiger partial charge in [-0.3, -0.25) is 4.79 Å². The second-order valence-electron chi connectivity index (χ2n) is 7.54. The molecule has 0 spiro atoms. The van der Waals surface area contributed by atoms with Crippen molar-refractivity contribution < 1.29 is 13.2 Å². The van der Waals surface area contributed by atoms with Crippen LogP contribution in [0.1, 0.15) is 31.0 Å². The molecule has 0 aliphatic heterocycles. The molecule has 1 fully saturated rings. The lowest BCUT2D eigenvalue weighted by atomic mass is 10.3. The molecule has 0 bridgehead atoms. The number of sulfone groups is 1. The molecule has 1 heterocycles. The zero-order valence-corrected chi connectivity index (χ0v) is 17.8. The first-order chi connectivity index (χ1) is 15.0. The molecule has 1 aliphatic rings. The van der Waals surface area contributed by atoms with Gasteiger partial charge in [0.2, 0.25) is 5.91 Å². The summed E-state index contributed by atoms with van der Waals surface area (Å²) in [6.45, 7) is 0.412. The molecule has 1 saturated carbocycles. The summed E-state index contributed by atoms with van der Waals surface area (Å²) in [4.78, 5) is 25.2. The van der Waals surface area contributed by atoms with Crippen molar-refractivity contribution in [2.45, 2.75) is 36.6 Å². The highest BCUT2D eigenvalue weighted by Crippen LogP contribution is 2.39. The molecule has 8 nitrogen and oxygen atoms in total. The molecular weight excluding hydrogens is 416 g/mol. The zero-order valence-electron chi connectivity index (χ0n) is 17.0. The highest BCUT2D eigenvalue weighted by atomic mass is 32.2. The van der Waals surface area contributed by atoms with E-state index in [0.717, 1.165) is 24.4 Å². The maximum absolute atomic E-state index is 12.9. The summed E-state index contributed by atoms with van der Waals surface area (Å²) in [5.41, 5.74) is 0.532. The Morgan fingerprint density at radius 3 is 2.32 bits per heavy atom. The Morgan fingerprint density at radius 2 is 1.68 bits per heavy atom. The van der Waals surface area contributed by atoms with Crippen LogP contribution in [-0.4, -0.2) is 41.0 Å². The number of hydrogen-bond acceptors (Lipinski definition) is 5. The molecular formula is C22H24N4O4S. The maximum Gasteiger partial charge on any atom is 0.350 e. The van der Waals surface area contributed by atoms with Gasteiger partial charge in [-0.15, -0.1) is 0 Å². The van der Waals surface area contributed by atoms with E-state index in [4.69, 9.17) is 0 Å². The third kappa shape index (κ3) is 4.93. The summed E-state index contributed by atoms with van der Waals surface area (Å²) in [6.07, 6.45) is 1.88. The smallest absolute Gasteiger partial charge is 0.350 e. The molecule has 0 radical (unpaired) electrons. The summed E-state index contributed by atoms with van der Waals surface area (Å²) in [7, 11) is -3.51. The lowest BCUT2D eigenvalue weighted by molar-refractivity contribution is -0.120. The molecule has 1 N–H and O–H groups in total. The predicted molar refractivity (Wildman–Crippen MR) is 116 cm³/mol. The van der Waals surface area contributed by atoms with Crippen molar-refractivity contribution in [1.82, 2.24) is 19.7 Å². The van der Waals surface area contributed by atoms with Gasteiger partial charge >= 0.3 is 5.69 Å². The van der Waals surface area contributed by atoms with E-state index in [9.17, 15) is 18.0 Å². The molecule has 0 atom stereocenters. The second-order valence-corrected chi connectivity index (χ2v) is 9.65. The first-order valence-corrected chi connectivity index (χ1v) is 11.9. The van der Waals surface area contributed by atoms with Crippen LogP contribution in [0.2, 0.25) is 0 Å². The number of amides is 1. The van der Waals surface area contributed by atoms with Crippen molar-refractivity contribution in [3.63, 3.8) is 0 Å². The van der Waals surface area contributed by atoms with Gasteiger partial charge in [0.1, 0.15) is 5.82 Å². The third-order valence-corrected chi connectivity index (χ3v) is 6.90. The summed E-state index contributed by atoms with van der Waals surface area (Å²) >= 11 is 0. The molecule has 1 aliphatic carbocycles. The summed E-state index contributed by atoms with van der Waals surface area (Å²) in [6, 6.07) is 17.4. The Balaban J connectivity index is 1.36. The van der Waals surface area contributed by atoms with Crippen molar-refractivity contribution in [2.24, 2.45) is 0 Å². The number of nitrogens with zero attached hydrogens (tertiary/aromatic N) is 3. The van der Waals surface area contributed by atoms with E-state index in [0.29, 0.717) is 0 Å². The quantitative estimate of drug-likeness (QED) is 0.547. The number of carbonyl (C=O) groups excluding carboxylic acids is 1. The van der Waals surface area contributed by atoms with Crippen LogP contribution in [0.25, 0.3) is 5.69 Å². The van der Waals surface area contributed by atoms with Crippen LogP contribution >= 0.6 is 0 Å². The SMILES string of the molecule is O=C(CCS(=O)(=O)c1ccccc1)NCCn1nc(C2CC2)n(-c2ccccc2)c1=O. The van der Waals surface area contributed by atoms with Gasteiger partial charge in [0.05, 0.1) is 22.9 Å². The van der Waals surface area contributed by atoms with E-state index in [1.165, 1.54) is 16.8 Å². The minimum absolute atomic E-state index is 0.141. The molecule has 3 aromatic rings. The van der Waals surface area contributed by atoms with E-state index in [1.807, 2.05) is 30.3 Å². The largest absolute Gasteiger partial charge is 0.354 e. The van der Waals surface area contributed by atoms with E-state index in [2.05, 4.69) is 10.4 Å². The number of nitrogens with one attached hydrogen (secondary N) is 1. The van der Waals surface area contributed by atoms with E-state index < -0.39 is 9.84 Å². The molecule has 0 saturated heterocycles. The van der Waals surface area contributed by atoms with Crippen molar-refractivity contribution in [2.75, 3.05) is 12.3 Å². The van der Waals surface area contributed by atoms with Crippen molar-refractivity contribution >= 4 is 15.7 Å². The Morgan fingerprint density at radius 1 is 1.03 bits per heavy atom. The fourth-order valence-corrected chi connectivity index (χ4v) is 4.62. The Bertz CT molecular complexity index is 1210. The average molecular weight is 441 g/mol. The lowest BCUT2D eigenvalue weighted by Gasteiger charge is -2.06. The van der Waals surface area contributed by atoms with Gasteiger partial charge in [0.25, 0.3) is 0 Å². The number of aromatic nitrogens is 3. The molecule has 1 amide bonds. The highest BCUT2D eigenvalue weighted by molar-refractivity contribution is 7.91. The maximum atomic E-state index is 12.9. The van der Waals surface area contributed by atoms with Crippen molar-refractivity contribution in [1.29, 1.82) is 0 Å². The van der Waals surface area contributed by atoms with Crippen molar-refractivity contribution in [3.8, 4) is 5.69 Å². The molecule has 162 valence electrons. The van der Waals surface area contributed by atoms with Gasteiger partial charge in [-0.1, -0.05) is 36.4 Å². The molecule has 4 rings (SSSR count). The van der Waals surface area contributed by atoms with Gasteiger partial charge in [0, 0.05) is 18.9 Å². The topological polar surface area (TPSA) is 103 Å². The molecule has 9 heteroatoms. The number of hydrogen-bond donors (Lipinski definition) is 1. The van der Waals surface area contributed by atoms with Gasteiger partial charge < -0.3 is 5.32 Å². The van der Waals surface area contributed by atoms with Crippen LogP contribution < -0.4 is 11.0 Å². The van der Waals surface area contributed by atoms with Crippen LogP contribution in [0.5, 0.6) is 0 Å². The number of para-hydroxylation sites is 1. The second kappa shape index (κ2) is 8.89. The van der Waals surface area contributed by atoms with Crippen molar-refractivity contribution in [3.05, 3.63) is 77.0 Å². The van der Waals surface area contributed by atoms with Crippen LogP contribution in [0, 0.1) is 0 Å².